The second kappa shape index (κ2) is 11.0. The van der Waals surface area contributed by atoms with E-state index < -0.39 is 0 Å². The highest BCUT2D eigenvalue weighted by Gasteiger charge is 2.48. The normalized spacial score (nSPS) is 25.7. The molecule has 3 fully saturated rings. The van der Waals surface area contributed by atoms with Crippen molar-refractivity contribution in [2.75, 3.05) is 31.6 Å². The molecule has 1 N–H and O–H groups in total. The fraction of sp³-hybridized carbons (Fsp3) is 0.621. The fourth-order valence-corrected chi connectivity index (χ4v) is 7.57. The maximum atomic E-state index is 13.4. The Balaban J connectivity index is 0.00000308. The van der Waals surface area contributed by atoms with Gasteiger partial charge in [0, 0.05) is 36.6 Å². The van der Waals surface area contributed by atoms with E-state index >= 15 is 0 Å². The largest absolute Gasteiger partial charge is 0.450 e. The van der Waals surface area contributed by atoms with Crippen molar-refractivity contribution in [1.29, 1.82) is 0 Å². The Morgan fingerprint density at radius 3 is 2.44 bits per heavy atom. The summed E-state index contributed by atoms with van der Waals surface area (Å²) in [5.74, 6) is 0.624. The minimum atomic E-state index is -0.134. The lowest BCUT2D eigenvalue weighted by Gasteiger charge is -2.51. The van der Waals surface area contributed by atoms with Gasteiger partial charge in [-0.3, -0.25) is 0 Å². The highest BCUT2D eigenvalue weighted by molar-refractivity contribution is 5.90. The molecule has 3 saturated heterocycles. The molecule has 6 rings (SSSR count). The summed E-state index contributed by atoms with van der Waals surface area (Å²) in [7, 11) is 0. The Bertz CT molecular complexity index is 1180. The fourth-order valence-electron chi connectivity index (χ4n) is 7.57. The van der Waals surface area contributed by atoms with Crippen LogP contribution in [0.1, 0.15) is 68.0 Å². The number of benzene rings is 1. The molecule has 2 bridgehead atoms. The highest BCUT2D eigenvalue weighted by Crippen LogP contribution is 2.44. The van der Waals surface area contributed by atoms with Gasteiger partial charge in [-0.05, 0) is 83.5 Å². The number of anilines is 1. The lowest BCUT2D eigenvalue weighted by Crippen LogP contribution is -2.58. The number of hydrogen-bond acceptors (Lipinski definition) is 6. The van der Waals surface area contributed by atoms with Gasteiger partial charge in [0.15, 0.2) is 5.76 Å². The third-order valence-corrected chi connectivity index (χ3v) is 9.45. The first-order valence-corrected chi connectivity index (χ1v) is 14.1. The molecular weight excluding hydrogens is 518 g/mol. The third kappa shape index (κ3) is 4.99. The van der Waals surface area contributed by atoms with E-state index in [1.54, 1.807) is 0 Å². The van der Waals surface area contributed by atoms with Crippen molar-refractivity contribution in [2.45, 2.75) is 89.4 Å². The summed E-state index contributed by atoms with van der Waals surface area (Å²) in [6.07, 6.45) is 6.14. The number of aromatic nitrogens is 1. The molecule has 212 valence electrons. The molecule has 2 aromatic rings. The standard InChI is InChI=1S/C29H39N5O4.ClH/c1-4-37-28(36)34-22-9-10-23(34)16-24(15-22)32-13-11-29(12-14-32)18-33(17-21-7-5-6-8-25(21)29)27(35)30-26-19(2)31-38-20(26)3;/h5-8,22-24H,4,9-18H2,1-3H3,(H,30,35);1H. The minimum absolute atomic E-state index is 0. The van der Waals surface area contributed by atoms with E-state index in [9.17, 15) is 9.59 Å². The van der Waals surface area contributed by atoms with Gasteiger partial charge in [-0.2, -0.15) is 0 Å². The van der Waals surface area contributed by atoms with Crippen molar-refractivity contribution in [1.82, 2.24) is 19.9 Å². The summed E-state index contributed by atoms with van der Waals surface area (Å²) in [4.78, 5) is 32.6. The van der Waals surface area contributed by atoms with Gasteiger partial charge in [0.25, 0.3) is 0 Å². The number of hydrogen-bond donors (Lipinski definition) is 1. The zero-order chi connectivity index (χ0) is 26.4. The molecule has 4 aliphatic heterocycles. The first kappa shape index (κ1) is 27.8. The van der Waals surface area contributed by atoms with Gasteiger partial charge in [0.05, 0.1) is 6.61 Å². The van der Waals surface area contributed by atoms with Crippen LogP contribution in [0.25, 0.3) is 0 Å². The van der Waals surface area contributed by atoms with Crippen molar-refractivity contribution in [3.05, 3.63) is 46.8 Å². The number of piperidine rings is 2. The molecule has 0 saturated carbocycles. The number of ether oxygens (including phenoxy) is 1. The summed E-state index contributed by atoms with van der Waals surface area (Å²) in [5, 5.41) is 7.04. The van der Waals surface area contributed by atoms with Gasteiger partial charge >= 0.3 is 12.1 Å². The molecular formula is C29H40ClN5O4. The minimum Gasteiger partial charge on any atom is -0.450 e. The van der Waals surface area contributed by atoms with Gasteiger partial charge < -0.3 is 29.3 Å². The number of carbonyl (C=O) groups is 2. The maximum absolute atomic E-state index is 13.4. The van der Waals surface area contributed by atoms with Crippen LogP contribution in [0.2, 0.25) is 0 Å². The van der Waals surface area contributed by atoms with E-state index in [2.05, 4.69) is 39.6 Å². The lowest BCUT2D eigenvalue weighted by atomic mass is 9.68. The van der Waals surface area contributed by atoms with Crippen LogP contribution in [0.15, 0.2) is 28.8 Å². The second-order valence-electron chi connectivity index (χ2n) is 11.6. The summed E-state index contributed by atoms with van der Waals surface area (Å²) in [6, 6.07) is 9.65. The molecule has 9 nitrogen and oxygen atoms in total. The average Bonchev–Trinajstić information content (AvgIpc) is 3.38. The quantitative estimate of drug-likeness (QED) is 0.554. The molecule has 1 aromatic heterocycles. The number of nitrogens with one attached hydrogen (secondary N) is 1. The number of urea groups is 1. The average molecular weight is 558 g/mol. The van der Waals surface area contributed by atoms with Crippen molar-refractivity contribution in [2.24, 2.45) is 0 Å². The number of fused-ring (bicyclic) bond motifs is 4. The molecule has 4 aliphatic rings. The number of carbonyl (C=O) groups excluding carboxylic acids is 2. The molecule has 39 heavy (non-hydrogen) atoms. The van der Waals surface area contributed by atoms with Crippen LogP contribution < -0.4 is 5.32 Å². The summed E-state index contributed by atoms with van der Waals surface area (Å²) in [6.45, 7) is 9.31. The number of amides is 3. The zero-order valence-electron chi connectivity index (χ0n) is 23.1. The number of rotatable bonds is 3. The molecule has 0 aliphatic carbocycles. The molecule has 0 radical (unpaired) electrons. The molecule has 5 heterocycles. The number of nitrogens with zero attached hydrogens (tertiary/aromatic N) is 4. The van der Waals surface area contributed by atoms with Crippen LogP contribution in [-0.4, -0.2) is 76.3 Å². The topological polar surface area (TPSA) is 91.2 Å². The first-order valence-electron chi connectivity index (χ1n) is 14.1. The number of aryl methyl sites for hydroxylation is 2. The maximum Gasteiger partial charge on any atom is 0.410 e. The molecule has 2 unspecified atom stereocenters. The van der Waals surface area contributed by atoms with E-state index in [1.165, 1.54) is 11.1 Å². The van der Waals surface area contributed by atoms with Crippen molar-refractivity contribution in [3.63, 3.8) is 0 Å². The van der Waals surface area contributed by atoms with Gasteiger partial charge in [0.1, 0.15) is 11.4 Å². The van der Waals surface area contributed by atoms with Crippen molar-refractivity contribution < 1.29 is 18.8 Å². The van der Waals surface area contributed by atoms with E-state index in [0.717, 1.165) is 51.6 Å². The first-order chi connectivity index (χ1) is 18.4. The summed E-state index contributed by atoms with van der Waals surface area (Å²) >= 11 is 0. The summed E-state index contributed by atoms with van der Waals surface area (Å²) < 4.78 is 10.6. The Hall–Kier alpha value is -2.78. The lowest BCUT2D eigenvalue weighted by molar-refractivity contribution is 0.0223. The van der Waals surface area contributed by atoms with E-state index in [4.69, 9.17) is 9.26 Å². The Morgan fingerprint density at radius 1 is 1.10 bits per heavy atom. The Labute approximate surface area is 236 Å². The van der Waals surface area contributed by atoms with Crippen LogP contribution in [0.4, 0.5) is 15.3 Å². The smallest absolute Gasteiger partial charge is 0.410 e. The predicted molar refractivity (Wildman–Crippen MR) is 150 cm³/mol. The van der Waals surface area contributed by atoms with Gasteiger partial charge in [-0.15, -0.1) is 12.4 Å². The summed E-state index contributed by atoms with van der Waals surface area (Å²) in [5.41, 5.74) is 3.95. The molecule has 10 heteroatoms. The Kier molecular flexibility index (Phi) is 7.84. The third-order valence-electron chi connectivity index (χ3n) is 9.45. The molecule has 1 aromatic carbocycles. The second-order valence-corrected chi connectivity index (χ2v) is 11.6. The zero-order valence-corrected chi connectivity index (χ0v) is 24.0. The monoisotopic (exact) mass is 557 g/mol. The van der Waals surface area contributed by atoms with Crippen LogP contribution in [0.3, 0.4) is 0 Å². The molecule has 2 atom stereocenters. The van der Waals surface area contributed by atoms with E-state index in [0.29, 0.717) is 55.0 Å². The SMILES string of the molecule is CCOC(=O)N1C2CCC1CC(N1CCC3(CC1)CN(C(=O)Nc1c(C)noc1C)Cc1ccccc13)C2.Cl. The highest BCUT2D eigenvalue weighted by atomic mass is 35.5. The predicted octanol–water partition coefficient (Wildman–Crippen LogP) is 5.25. The van der Waals surface area contributed by atoms with Gasteiger partial charge in [0.2, 0.25) is 0 Å². The molecule has 1 spiro atoms. The van der Waals surface area contributed by atoms with Gasteiger partial charge in [-0.25, -0.2) is 9.59 Å². The van der Waals surface area contributed by atoms with Crippen molar-refractivity contribution in [3.8, 4) is 0 Å². The van der Waals surface area contributed by atoms with Crippen LogP contribution in [-0.2, 0) is 16.7 Å². The van der Waals surface area contributed by atoms with Crippen molar-refractivity contribution >= 4 is 30.2 Å². The van der Waals surface area contributed by atoms with E-state index in [-0.39, 0.29) is 29.9 Å². The molecule has 3 amide bonds. The van der Waals surface area contributed by atoms with Crippen LogP contribution >= 0.6 is 12.4 Å². The number of halogens is 1. The van der Waals surface area contributed by atoms with Gasteiger partial charge in [-0.1, -0.05) is 29.4 Å². The number of likely N-dealkylation sites (tertiary alicyclic amines) is 1. The van der Waals surface area contributed by atoms with Crippen LogP contribution in [0, 0.1) is 13.8 Å². The van der Waals surface area contributed by atoms with Crippen LogP contribution in [0.5, 0.6) is 0 Å². The van der Waals surface area contributed by atoms with E-state index in [1.807, 2.05) is 30.6 Å². The Morgan fingerprint density at radius 2 is 1.79 bits per heavy atom.